The first kappa shape index (κ1) is 16.7. The molecule has 0 amide bonds. The second-order valence-corrected chi connectivity index (χ2v) is 6.75. The summed E-state index contributed by atoms with van der Waals surface area (Å²) in [6, 6.07) is -1.60. The highest BCUT2D eigenvalue weighted by molar-refractivity contribution is 7.51. The highest BCUT2D eigenvalue weighted by Crippen LogP contribution is 2.44. The van der Waals surface area contributed by atoms with Gasteiger partial charge in [-0.2, -0.15) is 4.98 Å². The fourth-order valence-corrected chi connectivity index (χ4v) is 2.75. The van der Waals surface area contributed by atoms with Crippen LogP contribution in [0.15, 0.2) is 23.3 Å². The van der Waals surface area contributed by atoms with Gasteiger partial charge in [-0.1, -0.05) is 12.2 Å². The maximum atomic E-state index is 14.5. The fourth-order valence-electron chi connectivity index (χ4n) is 2.40. The van der Waals surface area contributed by atoms with Gasteiger partial charge < -0.3 is 24.8 Å². The average Bonchev–Trinajstić information content (AvgIpc) is 2.96. The normalized spacial score (nSPS) is 23.2. The number of ether oxygens (including phenoxy) is 1. The molecule has 13 heteroatoms. The Labute approximate surface area is 132 Å². The van der Waals surface area contributed by atoms with Gasteiger partial charge in [0.2, 0.25) is 5.95 Å². The number of allylic oxidation sites excluding steroid dienone is 1. The molecule has 2 aromatic heterocycles. The first-order valence-corrected chi connectivity index (χ1v) is 8.34. The van der Waals surface area contributed by atoms with Gasteiger partial charge in [-0.05, 0) is 0 Å². The highest BCUT2D eigenvalue weighted by atomic mass is 31.2. The van der Waals surface area contributed by atoms with Gasteiger partial charge in [-0.25, -0.2) is 13.8 Å². The lowest BCUT2D eigenvalue weighted by atomic mass is 10.1. The molecule has 1 aliphatic carbocycles. The molecule has 2 heterocycles. The van der Waals surface area contributed by atoms with Crippen molar-refractivity contribution in [2.24, 2.45) is 0 Å². The number of nitrogen functional groups attached to an aromatic ring is 1. The number of alkyl halides is 2. The van der Waals surface area contributed by atoms with Crippen LogP contribution in [-0.2, 0) is 9.30 Å². The van der Waals surface area contributed by atoms with E-state index in [0.717, 1.165) is 23.0 Å². The number of rotatable bonds is 4. The van der Waals surface area contributed by atoms with Gasteiger partial charge in [-0.3, -0.25) is 14.3 Å². The van der Waals surface area contributed by atoms with Crippen LogP contribution in [0.4, 0.5) is 14.7 Å². The van der Waals surface area contributed by atoms with Crippen LogP contribution in [0.1, 0.15) is 6.04 Å². The minimum absolute atomic E-state index is 0.138. The third-order valence-corrected chi connectivity index (χ3v) is 3.90. The van der Waals surface area contributed by atoms with E-state index in [1.54, 1.807) is 0 Å². The Kier molecular flexibility index (Phi) is 3.79. The van der Waals surface area contributed by atoms with Crippen LogP contribution in [-0.4, -0.2) is 47.7 Å². The molecule has 0 fully saturated rings. The monoisotopic (exact) mass is 363 g/mol. The Morgan fingerprint density at radius 1 is 1.46 bits per heavy atom. The number of nitrogens with zero attached hydrogens (tertiary/aromatic N) is 3. The van der Waals surface area contributed by atoms with E-state index in [0.29, 0.717) is 0 Å². The van der Waals surface area contributed by atoms with E-state index in [1.807, 2.05) is 0 Å². The van der Waals surface area contributed by atoms with Crippen molar-refractivity contribution in [1.82, 2.24) is 19.5 Å². The molecule has 0 bridgehead atoms. The van der Waals surface area contributed by atoms with Gasteiger partial charge in [0.25, 0.3) is 5.56 Å². The second-order valence-electron chi connectivity index (χ2n) is 5.16. The number of nitrogens with two attached hydrogens (primary N) is 1. The quantitative estimate of drug-likeness (QED) is 0.436. The molecule has 24 heavy (non-hydrogen) atoms. The van der Waals surface area contributed by atoms with Gasteiger partial charge in [0, 0.05) is 0 Å². The predicted octanol–water partition coefficient (Wildman–Crippen LogP) is -0.0316. The lowest BCUT2D eigenvalue weighted by Gasteiger charge is -2.26. The zero-order valence-electron chi connectivity index (χ0n) is 11.8. The van der Waals surface area contributed by atoms with E-state index in [1.165, 1.54) is 0 Å². The summed E-state index contributed by atoms with van der Waals surface area (Å²) in [5, 5.41) is 0. The first-order valence-electron chi connectivity index (χ1n) is 6.54. The summed E-state index contributed by atoms with van der Waals surface area (Å²) < 4.78 is 45.4. The highest BCUT2D eigenvalue weighted by Gasteiger charge is 2.51. The number of aromatic amines is 1. The second kappa shape index (κ2) is 5.45. The molecule has 0 saturated heterocycles. The molecule has 0 spiro atoms. The Morgan fingerprint density at radius 3 is 2.83 bits per heavy atom. The minimum Gasteiger partial charge on any atom is -0.369 e. The molecular weight excluding hydrogens is 351 g/mol. The number of hydrogen-bond acceptors (Lipinski definition) is 6. The van der Waals surface area contributed by atoms with Crippen LogP contribution in [0, 0.1) is 0 Å². The Hall–Kier alpha value is -2.14. The molecule has 0 unspecified atom stereocenters. The van der Waals surface area contributed by atoms with Crippen molar-refractivity contribution in [3.05, 3.63) is 28.8 Å². The lowest BCUT2D eigenvalue weighted by Crippen LogP contribution is -2.38. The number of imidazole rings is 1. The predicted molar refractivity (Wildman–Crippen MR) is 77.5 cm³/mol. The van der Waals surface area contributed by atoms with Crippen molar-refractivity contribution in [3.8, 4) is 0 Å². The van der Waals surface area contributed by atoms with Crippen molar-refractivity contribution < 1.29 is 27.9 Å². The van der Waals surface area contributed by atoms with Crippen molar-refractivity contribution in [1.29, 1.82) is 0 Å². The summed E-state index contributed by atoms with van der Waals surface area (Å²) in [4.78, 5) is 38.9. The van der Waals surface area contributed by atoms with Gasteiger partial charge >= 0.3 is 13.5 Å². The van der Waals surface area contributed by atoms with Gasteiger partial charge in [-0.15, -0.1) is 0 Å². The SMILES string of the molecule is Nc1nc2c(ncn2[C@H]2C=C[C@@H](OCP(=O)(O)O)C2(F)F)c(=O)[nH]1. The zero-order valence-corrected chi connectivity index (χ0v) is 12.7. The standard InChI is InChI=1S/C11H12F2N5O5P/c12-11(13)5(1-2-6(11)23-4-24(20,21)22)18-3-15-7-8(18)16-10(14)17-9(7)19/h1-3,5-6H,4H2,(H2,20,21,22)(H3,14,16,17,19)/t5-,6+/m0/s1. The molecule has 2 atom stereocenters. The first-order chi connectivity index (χ1) is 11.1. The van der Waals surface area contributed by atoms with Gasteiger partial charge in [0.05, 0.1) is 6.33 Å². The molecule has 0 aromatic carbocycles. The van der Waals surface area contributed by atoms with E-state index in [2.05, 4.69) is 19.7 Å². The van der Waals surface area contributed by atoms with Crippen LogP contribution in [0.5, 0.6) is 0 Å². The van der Waals surface area contributed by atoms with Crippen LogP contribution >= 0.6 is 7.60 Å². The summed E-state index contributed by atoms with van der Waals surface area (Å²) >= 11 is 0. The fraction of sp³-hybridized carbons (Fsp3) is 0.364. The Bertz CT molecular complexity index is 919. The topological polar surface area (TPSA) is 156 Å². The largest absolute Gasteiger partial charge is 0.369 e. The minimum atomic E-state index is -4.59. The molecule has 10 nitrogen and oxygen atoms in total. The number of nitrogens with one attached hydrogen (secondary N) is 1. The number of aromatic nitrogens is 4. The van der Waals surface area contributed by atoms with Crippen molar-refractivity contribution >= 4 is 24.7 Å². The van der Waals surface area contributed by atoms with E-state index < -0.39 is 37.6 Å². The van der Waals surface area contributed by atoms with Gasteiger partial charge in [0.15, 0.2) is 11.2 Å². The van der Waals surface area contributed by atoms with Crippen LogP contribution in [0.3, 0.4) is 0 Å². The third-order valence-electron chi connectivity index (χ3n) is 3.41. The molecule has 0 saturated carbocycles. The van der Waals surface area contributed by atoms with E-state index in [-0.39, 0.29) is 17.1 Å². The molecule has 130 valence electrons. The Morgan fingerprint density at radius 2 is 2.17 bits per heavy atom. The van der Waals surface area contributed by atoms with Gasteiger partial charge in [0.1, 0.15) is 18.5 Å². The molecule has 0 radical (unpaired) electrons. The number of halogens is 2. The average molecular weight is 363 g/mol. The van der Waals surface area contributed by atoms with E-state index in [4.69, 9.17) is 15.5 Å². The van der Waals surface area contributed by atoms with Crippen molar-refractivity contribution in [2.45, 2.75) is 18.1 Å². The summed E-state index contributed by atoms with van der Waals surface area (Å²) in [5.41, 5.74) is 4.45. The molecule has 0 aliphatic heterocycles. The number of anilines is 1. The Balaban J connectivity index is 1.95. The molecule has 3 rings (SSSR count). The summed E-state index contributed by atoms with van der Waals surface area (Å²) in [7, 11) is -4.59. The molecule has 1 aliphatic rings. The molecule has 5 N–H and O–H groups in total. The van der Waals surface area contributed by atoms with E-state index >= 15 is 0 Å². The van der Waals surface area contributed by atoms with Crippen LogP contribution < -0.4 is 11.3 Å². The van der Waals surface area contributed by atoms with Crippen molar-refractivity contribution in [2.75, 3.05) is 12.1 Å². The third kappa shape index (κ3) is 2.84. The lowest BCUT2D eigenvalue weighted by molar-refractivity contribution is -0.119. The van der Waals surface area contributed by atoms with E-state index in [9.17, 15) is 18.1 Å². The number of H-pyrrole nitrogens is 1. The maximum Gasteiger partial charge on any atom is 0.351 e. The number of fused-ring (bicyclic) bond motifs is 1. The summed E-state index contributed by atoms with van der Waals surface area (Å²) in [6.45, 7) is 0. The smallest absolute Gasteiger partial charge is 0.351 e. The maximum absolute atomic E-state index is 14.5. The van der Waals surface area contributed by atoms with Crippen LogP contribution in [0.2, 0.25) is 0 Å². The van der Waals surface area contributed by atoms with Crippen molar-refractivity contribution in [3.63, 3.8) is 0 Å². The molecule has 2 aromatic rings. The number of hydrogen-bond donors (Lipinski definition) is 4. The summed E-state index contributed by atoms with van der Waals surface area (Å²) in [6.07, 6.45) is 0.111. The molecular formula is C11H12F2N5O5P. The zero-order chi connectivity index (χ0) is 17.7. The van der Waals surface area contributed by atoms with Crippen LogP contribution in [0.25, 0.3) is 11.2 Å². The summed E-state index contributed by atoms with van der Waals surface area (Å²) in [5.74, 6) is -3.80.